The molecule has 35 heavy (non-hydrogen) atoms. The van der Waals surface area contributed by atoms with E-state index < -0.39 is 25.0 Å². The van der Waals surface area contributed by atoms with Gasteiger partial charge in [0, 0.05) is 11.1 Å². The molecule has 0 bridgehead atoms. The molecule has 0 atom stereocenters. The summed E-state index contributed by atoms with van der Waals surface area (Å²) in [6.07, 6.45) is 2.69. The lowest BCUT2D eigenvalue weighted by Crippen LogP contribution is -2.28. The first kappa shape index (κ1) is 23.4. The Kier molecular flexibility index (Phi) is 7.29. The second-order valence-electron chi connectivity index (χ2n) is 7.52. The summed E-state index contributed by atoms with van der Waals surface area (Å²) in [5.41, 5.74) is 5.52. The highest BCUT2D eigenvalue weighted by atomic mass is 16.5. The van der Waals surface area contributed by atoms with Gasteiger partial charge < -0.3 is 14.9 Å². The number of rotatable bonds is 8. The fourth-order valence-corrected chi connectivity index (χ4v) is 3.48. The second-order valence-corrected chi connectivity index (χ2v) is 7.52. The molecule has 0 aromatic heterocycles. The van der Waals surface area contributed by atoms with Crippen LogP contribution in [0.5, 0.6) is 11.5 Å². The van der Waals surface area contributed by atoms with E-state index in [4.69, 9.17) is 4.74 Å². The van der Waals surface area contributed by atoms with Crippen LogP contribution >= 0.6 is 0 Å². The lowest BCUT2D eigenvalue weighted by molar-refractivity contribution is -0.130. The van der Waals surface area contributed by atoms with Crippen molar-refractivity contribution in [2.24, 2.45) is 10.2 Å². The molecule has 4 rings (SSSR count). The van der Waals surface area contributed by atoms with Crippen LogP contribution in [0.3, 0.4) is 0 Å². The molecule has 2 amide bonds. The van der Waals surface area contributed by atoms with Crippen molar-refractivity contribution in [1.29, 1.82) is 0 Å². The van der Waals surface area contributed by atoms with Gasteiger partial charge in [0.2, 0.25) is 0 Å². The number of carbonyl (C=O) groups is 2. The zero-order valence-electron chi connectivity index (χ0n) is 18.5. The van der Waals surface area contributed by atoms with Crippen molar-refractivity contribution in [3.63, 3.8) is 0 Å². The average molecular weight is 470 g/mol. The molecule has 0 fully saturated rings. The number of phenols is 2. The van der Waals surface area contributed by atoms with E-state index in [2.05, 4.69) is 21.1 Å². The second kappa shape index (κ2) is 10.9. The number of benzene rings is 4. The number of nitrogens with one attached hydrogen (secondary N) is 2. The summed E-state index contributed by atoms with van der Waals surface area (Å²) >= 11 is 0. The molecule has 9 heteroatoms. The first-order chi connectivity index (χ1) is 17.0. The SMILES string of the molecule is O=C(COCC(=O)N/N=C\c1c(O)ccc2ccccc12)N/N=C\c1c(O)ccc2ccccc12. The van der Waals surface area contributed by atoms with Gasteiger partial charge >= 0.3 is 0 Å². The highest BCUT2D eigenvalue weighted by Crippen LogP contribution is 2.26. The van der Waals surface area contributed by atoms with Crippen LogP contribution in [0.2, 0.25) is 0 Å². The van der Waals surface area contributed by atoms with E-state index in [1.165, 1.54) is 12.4 Å². The van der Waals surface area contributed by atoms with Gasteiger partial charge in [-0.05, 0) is 33.7 Å². The Morgan fingerprint density at radius 1 is 0.686 bits per heavy atom. The Balaban J connectivity index is 1.24. The molecular weight excluding hydrogens is 448 g/mol. The maximum Gasteiger partial charge on any atom is 0.266 e. The monoisotopic (exact) mass is 470 g/mol. The molecule has 4 N–H and O–H groups in total. The summed E-state index contributed by atoms with van der Waals surface area (Å²) in [7, 11) is 0. The van der Waals surface area contributed by atoms with Gasteiger partial charge in [0.05, 0.1) is 12.4 Å². The number of carbonyl (C=O) groups excluding carboxylic acids is 2. The predicted molar refractivity (Wildman–Crippen MR) is 134 cm³/mol. The van der Waals surface area contributed by atoms with Crippen LogP contribution in [-0.4, -0.2) is 47.7 Å². The Morgan fingerprint density at radius 2 is 1.11 bits per heavy atom. The van der Waals surface area contributed by atoms with E-state index in [0.29, 0.717) is 11.1 Å². The predicted octanol–water partition coefficient (Wildman–Crippen LogP) is 3.02. The maximum absolute atomic E-state index is 11.9. The third-order valence-electron chi connectivity index (χ3n) is 5.13. The fourth-order valence-electron chi connectivity index (χ4n) is 3.48. The highest BCUT2D eigenvalue weighted by molar-refractivity contribution is 6.03. The number of hydrazone groups is 2. The molecule has 0 heterocycles. The summed E-state index contributed by atoms with van der Waals surface area (Å²) in [6.45, 7) is -0.805. The largest absolute Gasteiger partial charge is 0.507 e. The van der Waals surface area contributed by atoms with Crippen molar-refractivity contribution < 1.29 is 24.5 Å². The topological polar surface area (TPSA) is 133 Å². The number of hydrogen-bond acceptors (Lipinski definition) is 7. The molecule has 0 radical (unpaired) electrons. The number of phenolic OH excluding ortho intramolecular Hbond substituents is 2. The summed E-state index contributed by atoms with van der Waals surface area (Å²) in [6, 6.07) is 21.6. The quantitative estimate of drug-likeness (QED) is 0.232. The minimum Gasteiger partial charge on any atom is -0.507 e. The van der Waals surface area contributed by atoms with E-state index >= 15 is 0 Å². The minimum atomic E-state index is -0.571. The lowest BCUT2D eigenvalue weighted by Gasteiger charge is -2.05. The molecule has 0 saturated carbocycles. The van der Waals surface area contributed by atoms with Crippen LogP contribution in [0.15, 0.2) is 83.0 Å². The van der Waals surface area contributed by atoms with E-state index in [9.17, 15) is 19.8 Å². The molecule has 0 aliphatic carbocycles. The van der Waals surface area contributed by atoms with Gasteiger partial charge in [-0.25, -0.2) is 10.9 Å². The van der Waals surface area contributed by atoms with Crippen LogP contribution in [0.25, 0.3) is 21.5 Å². The van der Waals surface area contributed by atoms with E-state index in [1.807, 2.05) is 48.5 Å². The fraction of sp³-hybridized carbons (Fsp3) is 0.0769. The highest BCUT2D eigenvalue weighted by Gasteiger charge is 2.07. The Hall–Kier alpha value is -4.76. The maximum atomic E-state index is 11.9. The molecule has 4 aromatic carbocycles. The van der Waals surface area contributed by atoms with Crippen LogP contribution in [0, 0.1) is 0 Å². The number of fused-ring (bicyclic) bond motifs is 2. The van der Waals surface area contributed by atoms with Crippen molar-refractivity contribution in [3.8, 4) is 11.5 Å². The zero-order valence-corrected chi connectivity index (χ0v) is 18.5. The van der Waals surface area contributed by atoms with E-state index in [0.717, 1.165) is 21.5 Å². The minimum absolute atomic E-state index is 0.0343. The number of ether oxygens (including phenoxy) is 1. The number of amides is 2. The molecule has 0 spiro atoms. The molecule has 0 unspecified atom stereocenters. The third kappa shape index (κ3) is 5.79. The molecule has 9 nitrogen and oxygen atoms in total. The van der Waals surface area contributed by atoms with Gasteiger partial charge in [0.15, 0.2) is 0 Å². The van der Waals surface area contributed by atoms with Gasteiger partial charge in [-0.2, -0.15) is 10.2 Å². The molecular formula is C26H22N4O5. The van der Waals surface area contributed by atoms with Gasteiger partial charge in [-0.15, -0.1) is 0 Å². The summed E-state index contributed by atoms with van der Waals surface area (Å²) in [5, 5.41) is 31.3. The van der Waals surface area contributed by atoms with Crippen molar-refractivity contribution >= 4 is 45.8 Å². The van der Waals surface area contributed by atoms with Crippen LogP contribution in [-0.2, 0) is 14.3 Å². The summed E-state index contributed by atoms with van der Waals surface area (Å²) in [4.78, 5) is 23.8. The summed E-state index contributed by atoms with van der Waals surface area (Å²) < 4.78 is 5.08. The molecule has 0 saturated heterocycles. The number of nitrogens with zero attached hydrogens (tertiary/aromatic N) is 2. The van der Waals surface area contributed by atoms with E-state index in [-0.39, 0.29) is 11.5 Å². The normalized spacial score (nSPS) is 11.4. The smallest absolute Gasteiger partial charge is 0.266 e. The van der Waals surface area contributed by atoms with Crippen molar-refractivity contribution in [2.75, 3.05) is 13.2 Å². The average Bonchev–Trinajstić information content (AvgIpc) is 2.86. The van der Waals surface area contributed by atoms with Crippen LogP contribution < -0.4 is 10.9 Å². The van der Waals surface area contributed by atoms with Crippen molar-refractivity contribution in [2.45, 2.75) is 0 Å². The van der Waals surface area contributed by atoms with Gasteiger partial charge in [0.1, 0.15) is 24.7 Å². The lowest BCUT2D eigenvalue weighted by atomic mass is 10.0. The van der Waals surface area contributed by atoms with Gasteiger partial charge in [0.25, 0.3) is 11.8 Å². The zero-order chi connectivity index (χ0) is 24.6. The van der Waals surface area contributed by atoms with Crippen LogP contribution in [0.4, 0.5) is 0 Å². The Bertz CT molecular complexity index is 1340. The number of aromatic hydroxyl groups is 2. The Labute approximate surface area is 200 Å². The third-order valence-corrected chi connectivity index (χ3v) is 5.13. The van der Waals surface area contributed by atoms with Gasteiger partial charge in [-0.1, -0.05) is 60.7 Å². The summed E-state index contributed by atoms with van der Waals surface area (Å²) in [5.74, 6) is -1.07. The first-order valence-corrected chi connectivity index (χ1v) is 10.7. The van der Waals surface area contributed by atoms with Gasteiger partial charge in [-0.3, -0.25) is 9.59 Å². The number of hydrogen-bond donors (Lipinski definition) is 4. The Morgan fingerprint density at radius 3 is 1.57 bits per heavy atom. The molecule has 4 aromatic rings. The van der Waals surface area contributed by atoms with E-state index in [1.54, 1.807) is 24.3 Å². The van der Waals surface area contributed by atoms with Crippen molar-refractivity contribution in [1.82, 2.24) is 10.9 Å². The molecule has 0 aliphatic rings. The molecule has 176 valence electrons. The molecule has 0 aliphatic heterocycles. The first-order valence-electron chi connectivity index (χ1n) is 10.7. The standard InChI is InChI=1S/C26H22N4O5/c31-23-11-9-17-5-1-3-7-19(17)21(23)13-27-29-25(33)15-35-16-26(34)30-28-14-22-20-8-4-2-6-18(20)10-12-24(22)32/h1-14,31-32H,15-16H2,(H,29,33)(H,30,34)/b27-13-,28-14-. The van der Waals surface area contributed by atoms with Crippen molar-refractivity contribution in [3.05, 3.63) is 83.9 Å². The van der Waals surface area contributed by atoms with Crippen LogP contribution in [0.1, 0.15) is 11.1 Å².